The van der Waals surface area contributed by atoms with Gasteiger partial charge >= 0.3 is 7.12 Å². The third-order valence-corrected chi connectivity index (χ3v) is 4.21. The van der Waals surface area contributed by atoms with E-state index in [-0.39, 0.29) is 5.41 Å². The number of rotatable bonds is 2. The zero-order valence-electron chi connectivity index (χ0n) is 11.8. The maximum Gasteiger partial charge on any atom is 0.488 e. The quantitative estimate of drug-likeness (QED) is 0.815. The van der Waals surface area contributed by atoms with Crippen LogP contribution in [0.25, 0.3) is 11.1 Å². The van der Waals surface area contributed by atoms with Crippen molar-refractivity contribution < 1.29 is 14.8 Å². The Hall–Kier alpha value is -1.78. The van der Waals surface area contributed by atoms with Crippen molar-refractivity contribution in [1.82, 2.24) is 0 Å². The fraction of sp³-hybridized carbons (Fsp3) is 0.250. The number of fused-ring (bicyclic) bond motifs is 3. The van der Waals surface area contributed by atoms with Crippen molar-refractivity contribution in [3.05, 3.63) is 47.5 Å². The Labute approximate surface area is 119 Å². The molecule has 2 aromatic carbocycles. The lowest BCUT2D eigenvalue weighted by atomic mass is 9.75. The lowest BCUT2D eigenvalue weighted by Crippen LogP contribution is -2.31. The summed E-state index contributed by atoms with van der Waals surface area (Å²) in [5, 5.41) is 18.7. The smallest absolute Gasteiger partial charge is 0.488 e. The van der Waals surface area contributed by atoms with Gasteiger partial charge in [0.1, 0.15) is 5.75 Å². The zero-order valence-corrected chi connectivity index (χ0v) is 11.8. The third kappa shape index (κ3) is 1.76. The van der Waals surface area contributed by atoms with E-state index in [0.29, 0.717) is 5.46 Å². The molecule has 0 aromatic heterocycles. The highest BCUT2D eigenvalue weighted by molar-refractivity contribution is 6.58. The van der Waals surface area contributed by atoms with E-state index >= 15 is 0 Å². The minimum Gasteiger partial charge on any atom is -0.497 e. The SMILES string of the molecule is COc1ccc2c(c1)C(C)(C)c1cc(B(O)O)ccc1-2. The largest absolute Gasteiger partial charge is 0.497 e. The first kappa shape index (κ1) is 13.2. The van der Waals surface area contributed by atoms with Crippen LogP contribution in [0, 0.1) is 0 Å². The van der Waals surface area contributed by atoms with Gasteiger partial charge < -0.3 is 14.8 Å². The fourth-order valence-electron chi connectivity index (χ4n) is 3.02. The van der Waals surface area contributed by atoms with Gasteiger partial charge in [-0.3, -0.25) is 0 Å². The predicted octanol–water partition coefficient (Wildman–Crippen LogP) is 1.68. The molecule has 2 aromatic rings. The number of methoxy groups -OCH3 is 1. The van der Waals surface area contributed by atoms with E-state index in [9.17, 15) is 10.0 Å². The van der Waals surface area contributed by atoms with Gasteiger partial charge in [-0.2, -0.15) is 0 Å². The Morgan fingerprint density at radius 3 is 2.15 bits per heavy atom. The van der Waals surface area contributed by atoms with Gasteiger partial charge in [0.25, 0.3) is 0 Å². The monoisotopic (exact) mass is 268 g/mol. The molecule has 0 heterocycles. The van der Waals surface area contributed by atoms with Crippen LogP contribution < -0.4 is 10.2 Å². The Bertz CT molecular complexity index is 677. The lowest BCUT2D eigenvalue weighted by Gasteiger charge is -2.22. The first-order valence-corrected chi connectivity index (χ1v) is 6.64. The second-order valence-electron chi connectivity index (χ2n) is 5.72. The molecule has 3 rings (SSSR count). The van der Waals surface area contributed by atoms with Gasteiger partial charge in [0.2, 0.25) is 0 Å². The van der Waals surface area contributed by atoms with Crippen LogP contribution in [-0.4, -0.2) is 24.3 Å². The number of hydrogen-bond donors (Lipinski definition) is 2. The molecule has 0 spiro atoms. The summed E-state index contributed by atoms with van der Waals surface area (Å²) in [7, 11) is 0.228. The highest BCUT2D eigenvalue weighted by atomic mass is 16.5. The van der Waals surface area contributed by atoms with Gasteiger partial charge in [-0.05, 0) is 39.8 Å². The molecule has 0 atom stereocenters. The van der Waals surface area contributed by atoms with E-state index in [2.05, 4.69) is 26.0 Å². The summed E-state index contributed by atoms with van der Waals surface area (Å²) in [6.45, 7) is 4.29. The van der Waals surface area contributed by atoms with Crippen molar-refractivity contribution in [1.29, 1.82) is 0 Å². The minimum absolute atomic E-state index is 0.176. The molecule has 1 aliphatic rings. The van der Waals surface area contributed by atoms with Crippen molar-refractivity contribution in [2.45, 2.75) is 19.3 Å². The molecular weight excluding hydrogens is 251 g/mol. The molecule has 0 fully saturated rings. The van der Waals surface area contributed by atoms with E-state index < -0.39 is 7.12 Å². The normalized spacial score (nSPS) is 14.7. The molecule has 4 heteroatoms. The van der Waals surface area contributed by atoms with Gasteiger partial charge in [-0.25, -0.2) is 0 Å². The van der Waals surface area contributed by atoms with Crippen molar-refractivity contribution >= 4 is 12.6 Å². The Kier molecular flexibility index (Phi) is 2.89. The van der Waals surface area contributed by atoms with Crippen molar-refractivity contribution in [3.8, 4) is 16.9 Å². The van der Waals surface area contributed by atoms with Gasteiger partial charge in [0.05, 0.1) is 7.11 Å². The maximum atomic E-state index is 9.36. The molecule has 0 saturated heterocycles. The summed E-state index contributed by atoms with van der Waals surface area (Å²) in [6, 6.07) is 11.7. The van der Waals surface area contributed by atoms with Crippen molar-refractivity contribution in [3.63, 3.8) is 0 Å². The molecule has 102 valence electrons. The van der Waals surface area contributed by atoms with E-state index in [1.54, 1.807) is 13.2 Å². The number of hydrogen-bond acceptors (Lipinski definition) is 3. The average Bonchev–Trinajstić information content (AvgIpc) is 2.67. The van der Waals surface area contributed by atoms with Crippen LogP contribution in [-0.2, 0) is 5.41 Å². The molecule has 3 nitrogen and oxygen atoms in total. The zero-order chi connectivity index (χ0) is 14.5. The lowest BCUT2D eigenvalue weighted by molar-refractivity contribution is 0.413. The van der Waals surface area contributed by atoms with Crippen LogP contribution in [0.2, 0.25) is 0 Å². The summed E-state index contributed by atoms with van der Waals surface area (Å²) >= 11 is 0. The maximum absolute atomic E-state index is 9.36. The predicted molar refractivity (Wildman–Crippen MR) is 80.4 cm³/mol. The number of ether oxygens (including phenoxy) is 1. The standard InChI is InChI=1S/C16H17BO3/c1-16(2)14-8-10(17(18)19)4-6-12(14)13-7-5-11(20-3)9-15(13)16/h4-9,18-19H,1-3H3. The molecule has 0 unspecified atom stereocenters. The Morgan fingerprint density at radius 2 is 1.55 bits per heavy atom. The fourth-order valence-corrected chi connectivity index (χ4v) is 3.02. The molecule has 2 N–H and O–H groups in total. The highest BCUT2D eigenvalue weighted by Gasteiger charge is 2.36. The van der Waals surface area contributed by atoms with Gasteiger partial charge in [-0.1, -0.05) is 38.1 Å². The van der Waals surface area contributed by atoms with Gasteiger partial charge in [0.15, 0.2) is 0 Å². The highest BCUT2D eigenvalue weighted by Crippen LogP contribution is 2.49. The third-order valence-electron chi connectivity index (χ3n) is 4.21. The molecule has 1 aliphatic carbocycles. The van der Waals surface area contributed by atoms with E-state index in [1.807, 2.05) is 18.2 Å². The van der Waals surface area contributed by atoms with E-state index in [4.69, 9.17) is 4.74 Å². The Morgan fingerprint density at radius 1 is 0.950 bits per heavy atom. The average molecular weight is 268 g/mol. The molecule has 0 amide bonds. The van der Waals surface area contributed by atoms with Crippen molar-refractivity contribution in [2.75, 3.05) is 7.11 Å². The van der Waals surface area contributed by atoms with Crippen LogP contribution in [0.15, 0.2) is 36.4 Å². The summed E-state index contributed by atoms with van der Waals surface area (Å²) in [5.74, 6) is 0.840. The first-order valence-electron chi connectivity index (χ1n) is 6.64. The summed E-state index contributed by atoms with van der Waals surface area (Å²) in [5.41, 5.74) is 5.01. The molecule has 20 heavy (non-hydrogen) atoms. The summed E-state index contributed by atoms with van der Waals surface area (Å²) in [4.78, 5) is 0. The Balaban J connectivity index is 2.23. The first-order chi connectivity index (χ1) is 9.45. The van der Waals surface area contributed by atoms with Crippen molar-refractivity contribution in [2.24, 2.45) is 0 Å². The molecule has 0 saturated carbocycles. The van der Waals surface area contributed by atoms with E-state index in [1.165, 1.54) is 11.1 Å². The van der Waals surface area contributed by atoms with Crippen LogP contribution in [0.4, 0.5) is 0 Å². The minimum atomic E-state index is -1.44. The van der Waals surface area contributed by atoms with Crippen LogP contribution >= 0.6 is 0 Å². The summed E-state index contributed by atoms with van der Waals surface area (Å²) in [6.07, 6.45) is 0. The summed E-state index contributed by atoms with van der Waals surface area (Å²) < 4.78 is 5.31. The molecule has 0 aliphatic heterocycles. The molecule has 0 radical (unpaired) electrons. The number of benzene rings is 2. The van der Waals surface area contributed by atoms with Crippen LogP contribution in [0.1, 0.15) is 25.0 Å². The van der Waals surface area contributed by atoms with E-state index in [0.717, 1.165) is 16.9 Å². The topological polar surface area (TPSA) is 49.7 Å². The van der Waals surface area contributed by atoms with Gasteiger partial charge in [-0.15, -0.1) is 0 Å². The van der Waals surface area contributed by atoms with Gasteiger partial charge in [0, 0.05) is 5.41 Å². The second-order valence-corrected chi connectivity index (χ2v) is 5.72. The van der Waals surface area contributed by atoms with Crippen LogP contribution in [0.3, 0.4) is 0 Å². The second kappa shape index (κ2) is 4.37. The molecular formula is C16H17BO3. The molecule has 0 bridgehead atoms. The van der Waals surface area contributed by atoms with Crippen LogP contribution in [0.5, 0.6) is 5.75 Å².